The third-order valence-corrected chi connectivity index (χ3v) is 4.22. The van der Waals surface area contributed by atoms with Crippen LogP contribution in [0.5, 0.6) is 0 Å². The Balaban J connectivity index is 1.95. The first-order valence-corrected chi connectivity index (χ1v) is 8.79. The molecule has 0 unspecified atom stereocenters. The third-order valence-electron chi connectivity index (χ3n) is 4.22. The normalized spacial score (nSPS) is 11.1. The van der Waals surface area contributed by atoms with E-state index in [0.717, 1.165) is 16.8 Å². The second kappa shape index (κ2) is 8.28. The lowest BCUT2D eigenvalue weighted by Gasteiger charge is -2.11. The van der Waals surface area contributed by atoms with E-state index < -0.39 is 0 Å². The lowest BCUT2D eigenvalue weighted by atomic mass is 10.0. The first kappa shape index (κ1) is 18.3. The van der Waals surface area contributed by atoms with Crippen molar-refractivity contribution in [1.82, 2.24) is 0 Å². The summed E-state index contributed by atoms with van der Waals surface area (Å²) in [5.74, 6) is -0.437. The second-order valence-electron chi connectivity index (χ2n) is 6.47. The molecule has 3 rings (SSSR count). The standard InChI is InChI=1S/C24H21NO2/c1-17-8-12-19(13-9-17)23(26)16-22(25-21-6-4-3-5-7-21)24(27)20-14-10-18(2)11-15-20/h3-16,25H,1-2H3/b22-16+. The minimum Gasteiger partial charge on any atom is -0.352 e. The Labute approximate surface area is 159 Å². The topological polar surface area (TPSA) is 46.2 Å². The molecule has 1 N–H and O–H groups in total. The average Bonchev–Trinajstić information content (AvgIpc) is 2.69. The number of para-hydroxylation sites is 1. The molecule has 0 bridgehead atoms. The van der Waals surface area contributed by atoms with Gasteiger partial charge in [-0.15, -0.1) is 0 Å². The maximum Gasteiger partial charge on any atom is 0.209 e. The van der Waals surface area contributed by atoms with Gasteiger partial charge in [0.1, 0.15) is 0 Å². The number of benzene rings is 3. The zero-order valence-corrected chi connectivity index (χ0v) is 15.4. The van der Waals surface area contributed by atoms with Gasteiger partial charge in [0.2, 0.25) is 5.78 Å². The number of ketones is 2. The molecular weight excluding hydrogens is 334 g/mol. The fraction of sp³-hybridized carbons (Fsp3) is 0.0833. The summed E-state index contributed by atoms with van der Waals surface area (Å²) in [7, 11) is 0. The van der Waals surface area contributed by atoms with E-state index >= 15 is 0 Å². The molecule has 27 heavy (non-hydrogen) atoms. The van der Waals surface area contributed by atoms with Crippen molar-refractivity contribution in [2.45, 2.75) is 13.8 Å². The summed E-state index contributed by atoms with van der Waals surface area (Å²) in [5, 5.41) is 3.09. The number of carbonyl (C=O) groups excluding carboxylic acids is 2. The van der Waals surface area contributed by atoms with Crippen LogP contribution in [0.3, 0.4) is 0 Å². The van der Waals surface area contributed by atoms with Gasteiger partial charge in [0.05, 0.1) is 5.70 Å². The molecule has 3 aromatic rings. The van der Waals surface area contributed by atoms with Crippen LogP contribution >= 0.6 is 0 Å². The van der Waals surface area contributed by atoms with E-state index in [1.54, 1.807) is 24.3 Å². The van der Waals surface area contributed by atoms with Crippen LogP contribution in [0.25, 0.3) is 0 Å². The van der Waals surface area contributed by atoms with Gasteiger partial charge in [-0.05, 0) is 26.0 Å². The number of carbonyl (C=O) groups is 2. The predicted octanol–water partition coefficient (Wildman–Crippen LogP) is 5.37. The van der Waals surface area contributed by atoms with Gasteiger partial charge < -0.3 is 5.32 Å². The van der Waals surface area contributed by atoms with E-state index in [2.05, 4.69) is 5.32 Å². The minimum atomic E-state index is -0.223. The van der Waals surface area contributed by atoms with Crippen molar-refractivity contribution in [3.05, 3.63) is 113 Å². The van der Waals surface area contributed by atoms with Crippen molar-refractivity contribution < 1.29 is 9.59 Å². The van der Waals surface area contributed by atoms with E-state index in [1.165, 1.54) is 6.08 Å². The largest absolute Gasteiger partial charge is 0.352 e. The molecule has 0 fully saturated rings. The molecule has 0 aliphatic rings. The Morgan fingerprint density at radius 2 is 1.22 bits per heavy atom. The summed E-state index contributed by atoms with van der Waals surface area (Å²) in [4.78, 5) is 25.7. The fourth-order valence-electron chi connectivity index (χ4n) is 2.63. The average molecular weight is 355 g/mol. The first-order valence-electron chi connectivity index (χ1n) is 8.79. The Morgan fingerprint density at radius 3 is 1.78 bits per heavy atom. The van der Waals surface area contributed by atoms with Gasteiger partial charge in [-0.2, -0.15) is 0 Å². The molecule has 0 saturated heterocycles. The van der Waals surface area contributed by atoms with E-state index in [-0.39, 0.29) is 17.3 Å². The Bertz CT molecular complexity index is 969. The lowest BCUT2D eigenvalue weighted by Crippen LogP contribution is -2.14. The predicted molar refractivity (Wildman–Crippen MR) is 109 cm³/mol. The molecule has 0 heterocycles. The van der Waals surface area contributed by atoms with Crippen LogP contribution in [0, 0.1) is 13.8 Å². The van der Waals surface area contributed by atoms with Crippen LogP contribution in [-0.4, -0.2) is 11.6 Å². The van der Waals surface area contributed by atoms with E-state index in [0.29, 0.717) is 11.1 Å². The van der Waals surface area contributed by atoms with E-state index in [9.17, 15) is 9.59 Å². The minimum absolute atomic E-state index is 0.214. The highest BCUT2D eigenvalue weighted by molar-refractivity contribution is 6.16. The maximum atomic E-state index is 13.0. The fourth-order valence-corrected chi connectivity index (χ4v) is 2.63. The van der Waals surface area contributed by atoms with Crippen molar-refractivity contribution >= 4 is 17.3 Å². The summed E-state index contributed by atoms with van der Waals surface area (Å²) in [6.07, 6.45) is 1.37. The zero-order chi connectivity index (χ0) is 19.2. The summed E-state index contributed by atoms with van der Waals surface area (Å²) in [6, 6.07) is 24.0. The van der Waals surface area contributed by atoms with Gasteiger partial charge in [0.25, 0.3) is 0 Å². The summed E-state index contributed by atoms with van der Waals surface area (Å²) >= 11 is 0. The van der Waals surface area contributed by atoms with Crippen LogP contribution < -0.4 is 5.32 Å². The SMILES string of the molecule is Cc1ccc(C(=O)/C=C(/Nc2ccccc2)C(=O)c2ccc(C)cc2)cc1. The number of anilines is 1. The number of aryl methyl sites for hydroxylation is 2. The smallest absolute Gasteiger partial charge is 0.209 e. The van der Waals surface area contributed by atoms with E-state index in [4.69, 9.17) is 0 Å². The molecule has 0 atom stereocenters. The quantitative estimate of drug-likeness (QED) is 0.478. The molecule has 0 aromatic heterocycles. The molecular formula is C24H21NO2. The monoisotopic (exact) mass is 355 g/mol. The second-order valence-corrected chi connectivity index (χ2v) is 6.47. The molecule has 0 spiro atoms. The number of rotatable bonds is 6. The Kier molecular flexibility index (Phi) is 5.62. The molecule has 0 aliphatic heterocycles. The number of hydrogen-bond acceptors (Lipinski definition) is 3. The zero-order valence-electron chi connectivity index (χ0n) is 15.4. The van der Waals surface area contributed by atoms with Crippen molar-refractivity contribution in [1.29, 1.82) is 0 Å². The van der Waals surface area contributed by atoms with Crippen molar-refractivity contribution in [2.24, 2.45) is 0 Å². The van der Waals surface area contributed by atoms with Gasteiger partial charge in [0.15, 0.2) is 5.78 Å². The summed E-state index contributed by atoms with van der Waals surface area (Å²) < 4.78 is 0. The first-order chi connectivity index (χ1) is 13.0. The van der Waals surface area contributed by atoms with E-state index in [1.807, 2.05) is 68.4 Å². The highest BCUT2D eigenvalue weighted by Crippen LogP contribution is 2.16. The molecule has 0 amide bonds. The molecule has 3 heteroatoms. The molecule has 0 radical (unpaired) electrons. The summed E-state index contributed by atoms with van der Waals surface area (Å²) in [5.41, 5.74) is 4.23. The van der Waals surface area contributed by atoms with Gasteiger partial charge in [-0.25, -0.2) is 0 Å². The lowest BCUT2D eigenvalue weighted by molar-refractivity contribution is 0.101. The van der Waals surface area contributed by atoms with Crippen molar-refractivity contribution in [3.63, 3.8) is 0 Å². The molecule has 3 nitrogen and oxygen atoms in total. The third kappa shape index (κ3) is 4.79. The highest BCUT2D eigenvalue weighted by Gasteiger charge is 2.15. The van der Waals surface area contributed by atoms with Gasteiger partial charge in [-0.3, -0.25) is 9.59 Å². The van der Waals surface area contributed by atoms with Gasteiger partial charge in [0, 0.05) is 22.9 Å². The van der Waals surface area contributed by atoms with Crippen LogP contribution in [0.15, 0.2) is 90.6 Å². The van der Waals surface area contributed by atoms with Gasteiger partial charge in [-0.1, -0.05) is 77.9 Å². The van der Waals surface area contributed by atoms with Crippen molar-refractivity contribution in [2.75, 3.05) is 5.32 Å². The number of allylic oxidation sites excluding steroid dienone is 2. The summed E-state index contributed by atoms with van der Waals surface area (Å²) in [6.45, 7) is 3.93. The number of Topliss-reactive ketones (excluding diaryl/α,β-unsaturated/α-hetero) is 1. The van der Waals surface area contributed by atoms with Gasteiger partial charge >= 0.3 is 0 Å². The Morgan fingerprint density at radius 1 is 0.704 bits per heavy atom. The van der Waals surface area contributed by atoms with Crippen molar-refractivity contribution in [3.8, 4) is 0 Å². The maximum absolute atomic E-state index is 13.0. The highest BCUT2D eigenvalue weighted by atomic mass is 16.1. The molecule has 0 aliphatic carbocycles. The number of hydrogen-bond donors (Lipinski definition) is 1. The molecule has 3 aromatic carbocycles. The van der Waals surface area contributed by atoms with Crippen LogP contribution in [0.1, 0.15) is 31.8 Å². The molecule has 134 valence electrons. The van der Waals surface area contributed by atoms with Crippen LogP contribution in [-0.2, 0) is 0 Å². The number of nitrogens with one attached hydrogen (secondary N) is 1. The van der Waals surface area contributed by atoms with Crippen LogP contribution in [0.2, 0.25) is 0 Å². The molecule has 0 saturated carbocycles. The van der Waals surface area contributed by atoms with Crippen LogP contribution in [0.4, 0.5) is 5.69 Å². The Hall–Kier alpha value is -3.46.